The monoisotopic (exact) mass is 270 g/mol. The van der Waals surface area contributed by atoms with Crippen LogP contribution in [0.4, 0.5) is 0 Å². The Hall–Kier alpha value is -1.44. The maximum atomic E-state index is 11.8. The minimum atomic E-state index is -3.72. The number of carbonyl (C=O) groups excluding carboxylic acids is 1. The van der Waals surface area contributed by atoms with Crippen molar-refractivity contribution in [1.82, 2.24) is 5.32 Å². The zero-order valence-electron chi connectivity index (χ0n) is 9.63. The first-order valence-corrected chi connectivity index (χ1v) is 7.03. The van der Waals surface area contributed by atoms with Crippen molar-refractivity contribution < 1.29 is 17.9 Å². The number of benzene rings is 1. The van der Waals surface area contributed by atoms with Crippen LogP contribution in [0.15, 0.2) is 29.2 Å². The van der Waals surface area contributed by atoms with Crippen molar-refractivity contribution >= 4 is 15.9 Å². The lowest BCUT2D eigenvalue weighted by molar-refractivity contribution is 0.0930. The molecule has 0 aromatic heterocycles. The van der Waals surface area contributed by atoms with Gasteiger partial charge in [-0.2, -0.15) is 0 Å². The number of nitrogens with one attached hydrogen (secondary N) is 1. The number of nitrogens with two attached hydrogens (primary N) is 1. The highest BCUT2D eigenvalue weighted by Crippen LogP contribution is 2.10. The van der Waals surface area contributed by atoms with Crippen LogP contribution in [-0.2, 0) is 14.8 Å². The zero-order chi connectivity index (χ0) is 13.2. The molecule has 1 aliphatic rings. The lowest BCUT2D eigenvalue weighted by atomic mass is 10.2. The molecule has 1 heterocycles. The van der Waals surface area contributed by atoms with Crippen LogP contribution in [0.1, 0.15) is 16.8 Å². The molecular weight excluding hydrogens is 256 g/mol. The van der Waals surface area contributed by atoms with Gasteiger partial charge in [-0.15, -0.1) is 0 Å². The third kappa shape index (κ3) is 3.06. The van der Waals surface area contributed by atoms with Crippen LogP contribution in [0, 0.1) is 0 Å². The molecule has 1 atom stereocenters. The Labute approximate surface area is 105 Å². The Morgan fingerprint density at radius 2 is 2.00 bits per heavy atom. The number of sulfonamides is 1. The molecule has 1 aromatic rings. The van der Waals surface area contributed by atoms with E-state index < -0.39 is 10.0 Å². The van der Waals surface area contributed by atoms with Crippen molar-refractivity contribution in [2.24, 2.45) is 5.14 Å². The highest BCUT2D eigenvalue weighted by molar-refractivity contribution is 7.89. The van der Waals surface area contributed by atoms with Crippen LogP contribution in [-0.4, -0.2) is 33.6 Å². The Balaban J connectivity index is 2.07. The van der Waals surface area contributed by atoms with Crippen LogP contribution in [0.25, 0.3) is 0 Å². The first-order chi connectivity index (χ1) is 8.47. The average molecular weight is 270 g/mol. The van der Waals surface area contributed by atoms with Gasteiger partial charge in [0.1, 0.15) is 0 Å². The normalized spacial score (nSPS) is 19.7. The molecule has 0 spiro atoms. The van der Waals surface area contributed by atoms with E-state index in [9.17, 15) is 13.2 Å². The van der Waals surface area contributed by atoms with Crippen molar-refractivity contribution in [3.8, 4) is 0 Å². The predicted octanol–water partition coefficient (Wildman–Crippen LogP) is -0.147. The molecule has 1 fully saturated rings. The van der Waals surface area contributed by atoms with E-state index in [1.807, 2.05) is 0 Å². The van der Waals surface area contributed by atoms with E-state index >= 15 is 0 Å². The molecule has 6 nitrogen and oxygen atoms in total. The summed E-state index contributed by atoms with van der Waals surface area (Å²) in [6.45, 7) is 1.16. The second-order valence-electron chi connectivity index (χ2n) is 4.10. The lowest BCUT2D eigenvalue weighted by Gasteiger charge is -2.10. The van der Waals surface area contributed by atoms with Gasteiger partial charge in [0.15, 0.2) is 0 Å². The molecule has 1 amide bonds. The molecule has 1 unspecified atom stereocenters. The number of hydrogen-bond acceptors (Lipinski definition) is 4. The Kier molecular flexibility index (Phi) is 3.65. The third-order valence-corrected chi connectivity index (χ3v) is 3.64. The molecular formula is C11H14N2O4S. The Morgan fingerprint density at radius 1 is 1.33 bits per heavy atom. The fraction of sp³-hybridized carbons (Fsp3) is 0.364. The van der Waals surface area contributed by atoms with Crippen LogP contribution >= 0.6 is 0 Å². The molecule has 3 N–H and O–H groups in total. The smallest absolute Gasteiger partial charge is 0.251 e. The fourth-order valence-electron chi connectivity index (χ4n) is 1.71. The molecule has 1 aliphatic heterocycles. The molecule has 7 heteroatoms. The summed E-state index contributed by atoms with van der Waals surface area (Å²) in [6.07, 6.45) is 0.793. The summed E-state index contributed by atoms with van der Waals surface area (Å²) in [4.78, 5) is 11.8. The van der Waals surface area contributed by atoms with Crippen LogP contribution in [0.2, 0.25) is 0 Å². The second kappa shape index (κ2) is 5.05. The summed E-state index contributed by atoms with van der Waals surface area (Å²) >= 11 is 0. The van der Waals surface area contributed by atoms with E-state index in [-0.39, 0.29) is 16.8 Å². The molecule has 98 valence electrons. The van der Waals surface area contributed by atoms with Crippen molar-refractivity contribution in [3.05, 3.63) is 29.8 Å². The van der Waals surface area contributed by atoms with Crippen molar-refractivity contribution in [3.63, 3.8) is 0 Å². The maximum Gasteiger partial charge on any atom is 0.251 e. The van der Waals surface area contributed by atoms with Gasteiger partial charge in [0.25, 0.3) is 5.91 Å². The number of amides is 1. The molecule has 0 aliphatic carbocycles. The van der Waals surface area contributed by atoms with E-state index in [0.29, 0.717) is 18.8 Å². The second-order valence-corrected chi connectivity index (χ2v) is 5.66. The molecule has 0 bridgehead atoms. The Morgan fingerprint density at radius 3 is 2.50 bits per heavy atom. The van der Waals surface area contributed by atoms with E-state index in [1.54, 1.807) is 0 Å². The summed E-state index contributed by atoms with van der Waals surface area (Å²) in [6, 6.07) is 5.52. The van der Waals surface area contributed by atoms with Gasteiger partial charge in [-0.3, -0.25) is 4.79 Å². The number of carbonyl (C=O) groups is 1. The number of hydrogen-bond donors (Lipinski definition) is 2. The first-order valence-electron chi connectivity index (χ1n) is 5.48. The highest BCUT2D eigenvalue weighted by atomic mass is 32.2. The van der Waals surface area contributed by atoms with Gasteiger partial charge in [0.2, 0.25) is 10.0 Å². The number of ether oxygens (including phenoxy) is 1. The van der Waals surface area contributed by atoms with E-state index in [0.717, 1.165) is 6.42 Å². The van der Waals surface area contributed by atoms with Gasteiger partial charge in [0.05, 0.1) is 17.5 Å². The number of primary sulfonamides is 1. The van der Waals surface area contributed by atoms with Crippen molar-refractivity contribution in [2.45, 2.75) is 17.4 Å². The van der Waals surface area contributed by atoms with Gasteiger partial charge in [0, 0.05) is 12.2 Å². The van der Waals surface area contributed by atoms with Gasteiger partial charge < -0.3 is 10.1 Å². The zero-order valence-corrected chi connectivity index (χ0v) is 10.4. The topological polar surface area (TPSA) is 98.5 Å². The minimum absolute atomic E-state index is 0.0109. The van der Waals surface area contributed by atoms with E-state index in [2.05, 4.69) is 5.32 Å². The fourth-order valence-corrected chi connectivity index (χ4v) is 2.23. The van der Waals surface area contributed by atoms with Crippen LogP contribution in [0.5, 0.6) is 0 Å². The number of rotatable bonds is 3. The van der Waals surface area contributed by atoms with E-state index in [1.165, 1.54) is 24.3 Å². The summed E-state index contributed by atoms with van der Waals surface area (Å²) in [5.74, 6) is -0.244. The van der Waals surface area contributed by atoms with Gasteiger partial charge >= 0.3 is 0 Å². The van der Waals surface area contributed by atoms with Crippen LogP contribution in [0.3, 0.4) is 0 Å². The van der Waals surface area contributed by atoms with Gasteiger partial charge in [-0.25, -0.2) is 13.6 Å². The molecule has 0 saturated carbocycles. The first kappa shape index (κ1) is 13.0. The molecule has 18 heavy (non-hydrogen) atoms. The van der Waals surface area contributed by atoms with Crippen LogP contribution < -0.4 is 10.5 Å². The SMILES string of the molecule is NS(=O)(=O)c1ccc(C(=O)NC2CCOC2)cc1. The average Bonchev–Trinajstić information content (AvgIpc) is 2.81. The van der Waals surface area contributed by atoms with E-state index in [4.69, 9.17) is 9.88 Å². The summed E-state index contributed by atoms with van der Waals surface area (Å²) in [5, 5.41) is 7.78. The predicted molar refractivity (Wildman–Crippen MR) is 64.5 cm³/mol. The lowest BCUT2D eigenvalue weighted by Crippen LogP contribution is -2.34. The van der Waals surface area contributed by atoms with Crippen molar-refractivity contribution in [2.75, 3.05) is 13.2 Å². The third-order valence-electron chi connectivity index (χ3n) is 2.71. The van der Waals surface area contributed by atoms with Gasteiger partial charge in [-0.05, 0) is 30.7 Å². The standard InChI is InChI=1S/C11H14N2O4S/c12-18(15,16)10-3-1-8(2-4-10)11(14)13-9-5-6-17-7-9/h1-4,9H,5-7H2,(H,13,14)(H2,12,15,16). The molecule has 1 saturated heterocycles. The maximum absolute atomic E-state index is 11.8. The molecule has 1 aromatic carbocycles. The minimum Gasteiger partial charge on any atom is -0.379 e. The van der Waals surface area contributed by atoms with Crippen molar-refractivity contribution in [1.29, 1.82) is 0 Å². The summed E-state index contributed by atoms with van der Waals surface area (Å²) in [7, 11) is -3.72. The molecule has 0 radical (unpaired) electrons. The quantitative estimate of drug-likeness (QED) is 0.798. The summed E-state index contributed by atoms with van der Waals surface area (Å²) < 4.78 is 27.3. The summed E-state index contributed by atoms with van der Waals surface area (Å²) in [5.41, 5.74) is 0.398. The largest absolute Gasteiger partial charge is 0.379 e. The molecule has 2 rings (SSSR count). The highest BCUT2D eigenvalue weighted by Gasteiger charge is 2.18. The Bertz CT molecular complexity index is 533. The van der Waals surface area contributed by atoms with Gasteiger partial charge in [-0.1, -0.05) is 0 Å².